The van der Waals surface area contributed by atoms with Crippen LogP contribution in [-0.4, -0.2) is 25.4 Å². The van der Waals surface area contributed by atoms with Gasteiger partial charge in [0.25, 0.3) is 0 Å². The number of imidazole rings is 1. The second-order valence-electron chi connectivity index (χ2n) is 7.36. The van der Waals surface area contributed by atoms with E-state index in [0.29, 0.717) is 5.92 Å². The summed E-state index contributed by atoms with van der Waals surface area (Å²) < 4.78 is 3.98. The maximum atomic E-state index is 12.7. The van der Waals surface area contributed by atoms with Gasteiger partial charge in [0.1, 0.15) is 11.6 Å². The molecule has 7 heteroatoms. The average Bonchev–Trinajstić information content (AvgIpc) is 3.27. The Morgan fingerprint density at radius 2 is 2.04 bits per heavy atom. The predicted molar refractivity (Wildman–Crippen MR) is 108 cm³/mol. The second kappa shape index (κ2) is 8.29. The molecule has 0 bridgehead atoms. The smallest absolute Gasteiger partial charge is 0.320 e. The number of anilines is 1. The molecule has 1 unspecified atom stereocenters. The Bertz CT molecular complexity index is 912. The van der Waals surface area contributed by atoms with Gasteiger partial charge >= 0.3 is 6.03 Å². The van der Waals surface area contributed by atoms with Gasteiger partial charge in [0.05, 0.1) is 12.2 Å². The molecule has 3 aromatic rings. The van der Waals surface area contributed by atoms with E-state index in [9.17, 15) is 4.79 Å². The molecule has 1 aliphatic carbocycles. The van der Waals surface area contributed by atoms with Gasteiger partial charge in [-0.25, -0.2) is 14.5 Å². The van der Waals surface area contributed by atoms with Crippen LogP contribution < -0.4 is 10.6 Å². The van der Waals surface area contributed by atoms with E-state index in [-0.39, 0.29) is 12.1 Å². The molecule has 1 aliphatic rings. The van der Waals surface area contributed by atoms with E-state index in [1.165, 1.54) is 12.8 Å². The fraction of sp³-hybridized carbons (Fsp3) is 0.381. The minimum Gasteiger partial charge on any atom is -0.335 e. The standard InChI is InChI=1S/C21H26N6O/c1-16-22-12-14-26(16)13-10-19(18-5-3-2-4-6-18)24-21(28)25-20-9-11-23-27(20)15-17-7-8-17/h2-6,9,11-12,14,17,19H,7-8,10,13,15H2,1H3,(H2,24,25,28). The molecular formula is C21H26N6O. The van der Waals surface area contributed by atoms with Gasteiger partial charge < -0.3 is 9.88 Å². The van der Waals surface area contributed by atoms with Gasteiger partial charge in [-0.15, -0.1) is 0 Å². The fourth-order valence-electron chi connectivity index (χ4n) is 3.36. The second-order valence-corrected chi connectivity index (χ2v) is 7.36. The van der Waals surface area contributed by atoms with Crippen LogP contribution in [0, 0.1) is 12.8 Å². The van der Waals surface area contributed by atoms with Crippen LogP contribution >= 0.6 is 0 Å². The van der Waals surface area contributed by atoms with E-state index in [2.05, 4.69) is 25.3 Å². The first kappa shape index (κ1) is 18.3. The number of rotatable bonds is 8. The molecule has 2 heterocycles. The summed E-state index contributed by atoms with van der Waals surface area (Å²) in [6.45, 7) is 3.63. The first-order chi connectivity index (χ1) is 13.7. The highest BCUT2D eigenvalue weighted by Gasteiger charge is 2.23. The summed E-state index contributed by atoms with van der Waals surface area (Å²) in [5, 5.41) is 10.4. The number of carbonyl (C=O) groups excluding carboxylic acids is 1. The summed E-state index contributed by atoms with van der Waals surface area (Å²) >= 11 is 0. The quantitative estimate of drug-likeness (QED) is 0.627. The molecule has 7 nitrogen and oxygen atoms in total. The Hall–Kier alpha value is -3.09. The first-order valence-corrected chi connectivity index (χ1v) is 9.81. The van der Waals surface area contributed by atoms with Gasteiger partial charge in [-0.2, -0.15) is 5.10 Å². The minimum absolute atomic E-state index is 0.0946. The van der Waals surface area contributed by atoms with Crippen molar-refractivity contribution in [2.75, 3.05) is 5.32 Å². The number of nitrogens with zero attached hydrogens (tertiary/aromatic N) is 4. The Kier molecular flexibility index (Phi) is 5.41. The third-order valence-corrected chi connectivity index (χ3v) is 5.18. The Morgan fingerprint density at radius 1 is 1.21 bits per heavy atom. The molecule has 0 spiro atoms. The molecule has 28 heavy (non-hydrogen) atoms. The van der Waals surface area contributed by atoms with E-state index in [0.717, 1.165) is 36.7 Å². The number of urea groups is 1. The largest absolute Gasteiger partial charge is 0.335 e. The van der Waals surface area contributed by atoms with E-state index in [4.69, 9.17) is 0 Å². The Labute approximate surface area is 164 Å². The molecule has 1 fully saturated rings. The lowest BCUT2D eigenvalue weighted by Crippen LogP contribution is -2.34. The number of benzene rings is 1. The maximum Gasteiger partial charge on any atom is 0.320 e. The van der Waals surface area contributed by atoms with Crippen molar-refractivity contribution in [3.05, 3.63) is 66.4 Å². The van der Waals surface area contributed by atoms with Crippen LogP contribution in [0.5, 0.6) is 0 Å². The van der Waals surface area contributed by atoms with Gasteiger partial charge in [-0.3, -0.25) is 5.32 Å². The zero-order valence-corrected chi connectivity index (χ0v) is 16.1. The van der Waals surface area contributed by atoms with E-state index >= 15 is 0 Å². The fourth-order valence-corrected chi connectivity index (χ4v) is 3.36. The van der Waals surface area contributed by atoms with Crippen LogP contribution in [0.2, 0.25) is 0 Å². The summed E-state index contributed by atoms with van der Waals surface area (Å²) in [7, 11) is 0. The molecule has 0 saturated heterocycles. The van der Waals surface area contributed by atoms with Crippen LogP contribution in [0.4, 0.5) is 10.6 Å². The van der Waals surface area contributed by atoms with Crippen molar-refractivity contribution in [2.24, 2.45) is 5.92 Å². The van der Waals surface area contributed by atoms with E-state index in [1.54, 1.807) is 12.4 Å². The summed E-state index contributed by atoms with van der Waals surface area (Å²) in [4.78, 5) is 17.0. The zero-order valence-electron chi connectivity index (χ0n) is 16.1. The molecule has 0 aliphatic heterocycles. The summed E-state index contributed by atoms with van der Waals surface area (Å²) in [6, 6.07) is 11.6. The van der Waals surface area contributed by atoms with Crippen LogP contribution in [0.25, 0.3) is 0 Å². The number of hydrogen-bond acceptors (Lipinski definition) is 3. The SMILES string of the molecule is Cc1nccn1CCC(NC(=O)Nc1ccnn1CC1CC1)c1ccccc1. The number of nitrogens with one attached hydrogen (secondary N) is 2. The molecule has 2 aromatic heterocycles. The van der Waals surface area contributed by atoms with Crippen molar-refractivity contribution in [1.29, 1.82) is 0 Å². The molecule has 2 amide bonds. The topological polar surface area (TPSA) is 76.8 Å². The Morgan fingerprint density at radius 3 is 2.75 bits per heavy atom. The van der Waals surface area contributed by atoms with Crippen molar-refractivity contribution in [3.8, 4) is 0 Å². The lowest BCUT2D eigenvalue weighted by atomic mass is 10.0. The van der Waals surface area contributed by atoms with E-state index < -0.39 is 0 Å². The monoisotopic (exact) mass is 378 g/mol. The number of aromatic nitrogens is 4. The van der Waals surface area contributed by atoms with Gasteiger partial charge in [-0.05, 0) is 37.7 Å². The molecule has 1 saturated carbocycles. The molecule has 1 aromatic carbocycles. The molecule has 146 valence electrons. The highest BCUT2D eigenvalue weighted by Crippen LogP contribution is 2.31. The third kappa shape index (κ3) is 4.60. The predicted octanol–water partition coefficient (Wildman–Crippen LogP) is 3.75. The average molecular weight is 378 g/mol. The van der Waals surface area contributed by atoms with Crippen LogP contribution in [0.3, 0.4) is 0 Å². The molecular weight excluding hydrogens is 352 g/mol. The maximum absolute atomic E-state index is 12.7. The third-order valence-electron chi connectivity index (χ3n) is 5.18. The summed E-state index contributed by atoms with van der Waals surface area (Å²) in [5.41, 5.74) is 1.09. The summed E-state index contributed by atoms with van der Waals surface area (Å²) in [5.74, 6) is 2.40. The zero-order chi connectivity index (χ0) is 19.3. The normalized spacial score (nSPS) is 14.6. The Balaban J connectivity index is 1.42. The molecule has 2 N–H and O–H groups in total. The lowest BCUT2D eigenvalue weighted by molar-refractivity contribution is 0.247. The lowest BCUT2D eigenvalue weighted by Gasteiger charge is -2.20. The van der Waals surface area contributed by atoms with Crippen molar-refractivity contribution in [1.82, 2.24) is 24.6 Å². The van der Waals surface area contributed by atoms with Gasteiger partial charge in [0.2, 0.25) is 0 Å². The van der Waals surface area contributed by atoms with E-state index in [1.807, 2.05) is 54.2 Å². The first-order valence-electron chi connectivity index (χ1n) is 9.81. The van der Waals surface area contributed by atoms with Gasteiger partial charge in [0, 0.05) is 31.5 Å². The van der Waals surface area contributed by atoms with Crippen molar-refractivity contribution in [3.63, 3.8) is 0 Å². The number of hydrogen-bond donors (Lipinski definition) is 2. The number of carbonyl (C=O) groups is 1. The van der Waals surface area contributed by atoms with Crippen molar-refractivity contribution in [2.45, 2.75) is 45.3 Å². The minimum atomic E-state index is -0.214. The molecule has 4 rings (SSSR count). The molecule has 1 atom stereocenters. The number of aryl methyl sites for hydroxylation is 2. The molecule has 0 radical (unpaired) electrons. The highest BCUT2D eigenvalue weighted by molar-refractivity contribution is 5.88. The van der Waals surface area contributed by atoms with Crippen LogP contribution in [0.15, 0.2) is 55.0 Å². The van der Waals surface area contributed by atoms with Gasteiger partial charge in [-0.1, -0.05) is 30.3 Å². The van der Waals surface area contributed by atoms with Crippen LogP contribution in [0.1, 0.15) is 36.7 Å². The van der Waals surface area contributed by atoms with Crippen LogP contribution in [-0.2, 0) is 13.1 Å². The number of amides is 2. The summed E-state index contributed by atoms with van der Waals surface area (Å²) in [6.07, 6.45) is 8.76. The van der Waals surface area contributed by atoms with Gasteiger partial charge in [0.15, 0.2) is 0 Å². The van der Waals surface area contributed by atoms with Crippen molar-refractivity contribution >= 4 is 11.8 Å². The highest BCUT2D eigenvalue weighted by atomic mass is 16.2. The van der Waals surface area contributed by atoms with Crippen molar-refractivity contribution < 1.29 is 4.79 Å².